The average molecular weight is 312 g/mol. The molecular formula is C14H18BrNO2. The average Bonchev–Trinajstić information content (AvgIpc) is 2.30. The quantitative estimate of drug-likeness (QED) is 0.648. The van der Waals surface area contributed by atoms with Crippen molar-refractivity contribution >= 4 is 33.3 Å². The Morgan fingerprint density at radius 3 is 2.56 bits per heavy atom. The molecule has 4 heteroatoms. The first-order valence-corrected chi connectivity index (χ1v) is 7.10. The molecule has 1 rings (SSSR count). The molecule has 0 saturated heterocycles. The fourth-order valence-electron chi connectivity index (χ4n) is 1.68. The number of nitrogens with one attached hydrogen (secondary N) is 1. The first kappa shape index (κ1) is 14.9. The summed E-state index contributed by atoms with van der Waals surface area (Å²) in [6, 6.07) is 7.71. The van der Waals surface area contributed by atoms with Gasteiger partial charge in [-0.15, -0.1) is 0 Å². The molecule has 0 aliphatic heterocycles. The van der Waals surface area contributed by atoms with E-state index >= 15 is 0 Å². The maximum atomic E-state index is 11.7. The van der Waals surface area contributed by atoms with E-state index in [2.05, 4.69) is 35.1 Å². The Balaban J connectivity index is 2.71. The third kappa shape index (κ3) is 5.00. The summed E-state index contributed by atoms with van der Waals surface area (Å²) in [6.07, 6.45) is 0.824. The Morgan fingerprint density at radius 2 is 1.94 bits per heavy atom. The molecule has 0 atom stereocenters. The van der Waals surface area contributed by atoms with E-state index in [4.69, 9.17) is 0 Å². The molecule has 1 aromatic carbocycles. The number of ketones is 1. The van der Waals surface area contributed by atoms with Gasteiger partial charge in [-0.2, -0.15) is 0 Å². The molecule has 98 valence electrons. The summed E-state index contributed by atoms with van der Waals surface area (Å²) < 4.78 is 0. The van der Waals surface area contributed by atoms with Crippen LogP contribution < -0.4 is 5.32 Å². The predicted molar refractivity (Wildman–Crippen MR) is 77.0 cm³/mol. The number of anilines is 1. The van der Waals surface area contributed by atoms with Crippen molar-refractivity contribution in [1.29, 1.82) is 0 Å². The first-order valence-electron chi connectivity index (χ1n) is 5.98. The SMILES string of the molecule is CC(C)Cc1ccccc1NC(=O)CC(=O)CBr. The van der Waals surface area contributed by atoms with Crippen LogP contribution in [0, 0.1) is 5.92 Å². The van der Waals surface area contributed by atoms with Crippen molar-refractivity contribution in [3.05, 3.63) is 29.8 Å². The van der Waals surface area contributed by atoms with E-state index in [1.165, 1.54) is 0 Å². The minimum absolute atomic E-state index is 0.0821. The largest absolute Gasteiger partial charge is 0.325 e. The highest BCUT2D eigenvalue weighted by molar-refractivity contribution is 9.09. The van der Waals surface area contributed by atoms with Gasteiger partial charge in [-0.25, -0.2) is 0 Å². The summed E-state index contributed by atoms with van der Waals surface area (Å²) in [7, 11) is 0. The van der Waals surface area contributed by atoms with E-state index in [0.717, 1.165) is 17.7 Å². The van der Waals surface area contributed by atoms with Crippen LogP contribution in [-0.2, 0) is 16.0 Å². The van der Waals surface area contributed by atoms with E-state index in [-0.39, 0.29) is 23.4 Å². The maximum Gasteiger partial charge on any atom is 0.231 e. The number of para-hydroxylation sites is 1. The summed E-state index contributed by atoms with van der Waals surface area (Å²) in [6.45, 7) is 4.26. The lowest BCUT2D eigenvalue weighted by Gasteiger charge is -2.12. The maximum absolute atomic E-state index is 11.7. The molecule has 0 aromatic heterocycles. The molecule has 0 saturated carbocycles. The number of hydrogen-bond donors (Lipinski definition) is 1. The zero-order valence-electron chi connectivity index (χ0n) is 10.7. The second kappa shape index (κ2) is 7.31. The molecule has 1 N–H and O–H groups in total. The number of Topliss-reactive ketones (excluding diaryl/α,β-unsaturated/α-hetero) is 1. The molecule has 0 spiro atoms. The van der Waals surface area contributed by atoms with Crippen molar-refractivity contribution in [2.75, 3.05) is 10.6 Å². The van der Waals surface area contributed by atoms with Crippen molar-refractivity contribution in [3.63, 3.8) is 0 Å². The summed E-state index contributed by atoms with van der Waals surface area (Å²) >= 11 is 3.05. The number of rotatable bonds is 6. The third-order valence-corrected chi connectivity index (χ3v) is 3.05. The number of carbonyl (C=O) groups is 2. The van der Waals surface area contributed by atoms with E-state index in [0.29, 0.717) is 5.92 Å². The number of alkyl halides is 1. The van der Waals surface area contributed by atoms with Crippen LogP contribution >= 0.6 is 15.9 Å². The van der Waals surface area contributed by atoms with Crippen molar-refractivity contribution in [2.24, 2.45) is 5.92 Å². The van der Waals surface area contributed by atoms with Gasteiger partial charge < -0.3 is 5.32 Å². The lowest BCUT2D eigenvalue weighted by Crippen LogP contribution is -2.18. The molecule has 0 aliphatic carbocycles. The molecule has 0 radical (unpaired) electrons. The third-order valence-electron chi connectivity index (χ3n) is 2.43. The molecule has 18 heavy (non-hydrogen) atoms. The van der Waals surface area contributed by atoms with Gasteiger partial charge in [0.15, 0.2) is 5.78 Å². The van der Waals surface area contributed by atoms with Crippen LogP contribution in [0.25, 0.3) is 0 Å². The number of halogens is 1. The Morgan fingerprint density at radius 1 is 1.28 bits per heavy atom. The number of hydrogen-bond acceptors (Lipinski definition) is 2. The molecule has 0 unspecified atom stereocenters. The highest BCUT2D eigenvalue weighted by atomic mass is 79.9. The van der Waals surface area contributed by atoms with Crippen molar-refractivity contribution in [2.45, 2.75) is 26.7 Å². The monoisotopic (exact) mass is 311 g/mol. The highest BCUT2D eigenvalue weighted by Crippen LogP contribution is 2.19. The smallest absolute Gasteiger partial charge is 0.231 e. The molecule has 0 bridgehead atoms. The van der Waals surface area contributed by atoms with Crippen molar-refractivity contribution < 1.29 is 9.59 Å². The van der Waals surface area contributed by atoms with Crippen LogP contribution in [0.15, 0.2) is 24.3 Å². The van der Waals surface area contributed by atoms with E-state index in [1.807, 2.05) is 24.3 Å². The van der Waals surface area contributed by atoms with Gasteiger partial charge in [0, 0.05) is 5.69 Å². The van der Waals surface area contributed by atoms with Gasteiger partial charge in [0.25, 0.3) is 0 Å². The molecular weight excluding hydrogens is 294 g/mol. The Bertz CT molecular complexity index is 430. The molecule has 0 heterocycles. The summed E-state index contributed by atoms with van der Waals surface area (Å²) in [4.78, 5) is 22.8. The van der Waals surface area contributed by atoms with Crippen molar-refractivity contribution in [1.82, 2.24) is 0 Å². The van der Waals surface area contributed by atoms with Crippen LogP contribution in [0.4, 0.5) is 5.69 Å². The second-order valence-electron chi connectivity index (χ2n) is 4.65. The standard InChI is InChI=1S/C14H18BrNO2/c1-10(2)7-11-5-3-4-6-13(11)16-14(18)8-12(17)9-15/h3-6,10H,7-9H2,1-2H3,(H,16,18). The fourth-order valence-corrected chi connectivity index (χ4v) is 1.88. The van der Waals surface area contributed by atoms with Crippen molar-refractivity contribution in [3.8, 4) is 0 Å². The summed E-state index contributed by atoms with van der Waals surface area (Å²) in [5.74, 6) is 0.150. The topological polar surface area (TPSA) is 46.2 Å². The minimum Gasteiger partial charge on any atom is -0.325 e. The Hall–Kier alpha value is -1.16. The fraction of sp³-hybridized carbons (Fsp3) is 0.429. The van der Waals surface area contributed by atoms with Gasteiger partial charge in [-0.05, 0) is 24.0 Å². The Labute approximate surface area is 116 Å². The summed E-state index contributed by atoms with van der Waals surface area (Å²) in [5, 5.41) is 3.02. The minimum atomic E-state index is -0.254. The summed E-state index contributed by atoms with van der Waals surface area (Å²) in [5.41, 5.74) is 1.91. The van der Waals surface area contributed by atoms with Gasteiger partial charge in [0.2, 0.25) is 5.91 Å². The molecule has 3 nitrogen and oxygen atoms in total. The lowest BCUT2D eigenvalue weighted by molar-refractivity contribution is -0.123. The van der Waals surface area contributed by atoms with Crippen LogP contribution in [0.5, 0.6) is 0 Å². The second-order valence-corrected chi connectivity index (χ2v) is 5.21. The lowest BCUT2D eigenvalue weighted by atomic mass is 10.0. The normalized spacial score (nSPS) is 10.4. The molecule has 0 fully saturated rings. The van der Waals surface area contributed by atoms with Crippen LogP contribution in [0.3, 0.4) is 0 Å². The highest BCUT2D eigenvalue weighted by Gasteiger charge is 2.11. The number of benzene rings is 1. The predicted octanol–water partition coefficient (Wildman–Crippen LogP) is 3.18. The van der Waals surface area contributed by atoms with E-state index < -0.39 is 0 Å². The van der Waals surface area contributed by atoms with Gasteiger partial charge in [0.05, 0.1) is 11.8 Å². The van der Waals surface area contributed by atoms with Gasteiger partial charge in [0.1, 0.15) is 0 Å². The first-order chi connectivity index (χ1) is 8.52. The van der Waals surface area contributed by atoms with Gasteiger partial charge >= 0.3 is 0 Å². The zero-order valence-corrected chi connectivity index (χ0v) is 12.3. The van der Waals surface area contributed by atoms with Crippen LogP contribution in [0.1, 0.15) is 25.8 Å². The molecule has 1 aromatic rings. The van der Waals surface area contributed by atoms with E-state index in [9.17, 15) is 9.59 Å². The number of amides is 1. The van der Waals surface area contributed by atoms with Gasteiger partial charge in [-0.3, -0.25) is 9.59 Å². The molecule has 0 aliphatic rings. The van der Waals surface area contributed by atoms with Crippen LogP contribution in [-0.4, -0.2) is 17.0 Å². The van der Waals surface area contributed by atoms with Gasteiger partial charge in [-0.1, -0.05) is 48.0 Å². The van der Waals surface area contributed by atoms with E-state index in [1.54, 1.807) is 0 Å². The molecule has 1 amide bonds. The zero-order chi connectivity index (χ0) is 13.5. The van der Waals surface area contributed by atoms with Crippen LogP contribution in [0.2, 0.25) is 0 Å². The number of carbonyl (C=O) groups excluding carboxylic acids is 2. The Kier molecular flexibility index (Phi) is 6.05.